The molecule has 4 heterocycles. The molecule has 2 atom stereocenters. The molecule has 0 amide bonds. The maximum absolute atomic E-state index is 13.7. The molecule has 0 radical (unpaired) electrons. The second kappa shape index (κ2) is 8.57. The van der Waals surface area contributed by atoms with Crippen LogP contribution in [0.1, 0.15) is 38.5 Å². The third-order valence-electron chi connectivity index (χ3n) is 6.21. The fourth-order valence-corrected chi connectivity index (χ4v) is 9.02. The van der Waals surface area contributed by atoms with E-state index in [1.54, 1.807) is 24.3 Å². The average molecular weight is 454 g/mol. The zero-order chi connectivity index (χ0) is 20.6. The zero-order valence-corrected chi connectivity index (χ0v) is 19.3. The van der Waals surface area contributed by atoms with Crippen LogP contribution in [-0.4, -0.2) is 71.0 Å². The predicted molar refractivity (Wildman–Crippen MR) is 117 cm³/mol. The third kappa shape index (κ3) is 4.36. The van der Waals surface area contributed by atoms with E-state index >= 15 is 0 Å². The van der Waals surface area contributed by atoms with Crippen molar-refractivity contribution in [2.24, 2.45) is 0 Å². The number of hydrogen-bond donors (Lipinski definition) is 0. The highest BCUT2D eigenvalue weighted by atomic mass is 31.2. The summed E-state index contributed by atoms with van der Waals surface area (Å²) >= 11 is 0. The van der Waals surface area contributed by atoms with E-state index in [-0.39, 0.29) is 0 Å². The lowest BCUT2D eigenvalue weighted by molar-refractivity contribution is 0.285. The van der Waals surface area contributed by atoms with E-state index in [1.807, 2.05) is 18.7 Å². The van der Waals surface area contributed by atoms with Gasteiger partial charge in [-0.3, -0.25) is 0 Å². The van der Waals surface area contributed by atoms with Crippen LogP contribution in [0, 0.1) is 0 Å². The van der Waals surface area contributed by atoms with E-state index < -0.39 is 15.3 Å². The van der Waals surface area contributed by atoms with Crippen molar-refractivity contribution >= 4 is 15.3 Å². The van der Waals surface area contributed by atoms with Crippen LogP contribution in [0.3, 0.4) is 0 Å². The maximum atomic E-state index is 13.7. The number of nitrogens with zero attached hydrogens (tertiary/aromatic N) is 4. The summed E-state index contributed by atoms with van der Waals surface area (Å²) in [6.45, 7) is 6.59. The minimum Gasteiger partial charge on any atom is -0.422 e. The Morgan fingerprint density at radius 1 is 0.500 bits per heavy atom. The van der Waals surface area contributed by atoms with Crippen molar-refractivity contribution in [3.63, 3.8) is 0 Å². The Bertz CT molecular complexity index is 763. The van der Waals surface area contributed by atoms with E-state index in [0.717, 1.165) is 78.0 Å². The molecule has 0 spiro atoms. The van der Waals surface area contributed by atoms with Crippen LogP contribution in [0.5, 0.6) is 11.5 Å². The van der Waals surface area contributed by atoms with E-state index in [4.69, 9.17) is 9.05 Å². The van der Waals surface area contributed by atoms with Gasteiger partial charge < -0.3 is 9.05 Å². The third-order valence-corrected chi connectivity index (χ3v) is 11.6. The highest BCUT2D eigenvalue weighted by Crippen LogP contribution is 2.60. The van der Waals surface area contributed by atoms with E-state index in [0.29, 0.717) is 11.5 Å². The summed E-state index contributed by atoms with van der Waals surface area (Å²) in [4.78, 5) is 0. The minimum atomic E-state index is -3.01. The first kappa shape index (κ1) is 21.0. The Hall–Kier alpha value is -0.880. The second-order valence-corrected chi connectivity index (χ2v) is 13.2. The molecule has 5 rings (SSSR count). The SMILES string of the molecule is O=P(Oc1ccc(OP(=O)(N2CCCCC2)N2CC2)cc1)(N1CCCCC1)N1CC1. The summed E-state index contributed by atoms with van der Waals surface area (Å²) in [5.74, 6) is 1.14. The zero-order valence-electron chi connectivity index (χ0n) is 17.5. The highest BCUT2D eigenvalue weighted by molar-refractivity contribution is 7.55. The second-order valence-electron chi connectivity index (χ2n) is 8.57. The number of rotatable bonds is 8. The van der Waals surface area contributed by atoms with Gasteiger partial charge in [-0.25, -0.2) is 27.8 Å². The van der Waals surface area contributed by atoms with Gasteiger partial charge in [0.15, 0.2) is 0 Å². The molecule has 4 fully saturated rings. The Morgan fingerprint density at radius 2 is 0.800 bits per heavy atom. The Balaban J connectivity index is 1.29. The smallest absolute Gasteiger partial charge is 0.395 e. The number of piperidine rings is 2. The molecule has 0 N–H and O–H groups in total. The normalized spacial score (nSPS) is 27.7. The molecule has 0 bridgehead atoms. The lowest BCUT2D eigenvalue weighted by Crippen LogP contribution is -2.31. The molecule has 2 unspecified atom stereocenters. The molecular weight excluding hydrogens is 422 g/mol. The standard InChI is InChI=1S/C20H32N4O4P2/c25-29(23-15-16-23,21-11-3-1-4-12-21)27-19-7-9-20(10-8-19)28-30(26,24-17-18-24)22-13-5-2-6-14-22/h7-10H,1-6,11-18H2. The molecule has 0 aromatic heterocycles. The van der Waals surface area contributed by atoms with Crippen LogP contribution < -0.4 is 9.05 Å². The van der Waals surface area contributed by atoms with Crippen molar-refractivity contribution in [1.29, 1.82) is 0 Å². The molecule has 166 valence electrons. The van der Waals surface area contributed by atoms with Gasteiger partial charge >= 0.3 is 15.3 Å². The lowest BCUT2D eigenvalue weighted by atomic mass is 10.2. The van der Waals surface area contributed by atoms with E-state index in [2.05, 4.69) is 0 Å². The molecule has 1 aromatic rings. The largest absolute Gasteiger partial charge is 0.422 e. The summed E-state index contributed by atoms with van der Waals surface area (Å²) in [7, 11) is -6.01. The minimum absolute atomic E-state index is 0.572. The van der Waals surface area contributed by atoms with Crippen LogP contribution in [-0.2, 0) is 9.13 Å². The van der Waals surface area contributed by atoms with E-state index in [9.17, 15) is 9.13 Å². The van der Waals surface area contributed by atoms with Crippen molar-refractivity contribution in [3.05, 3.63) is 24.3 Å². The van der Waals surface area contributed by atoms with E-state index in [1.165, 1.54) is 12.8 Å². The monoisotopic (exact) mass is 454 g/mol. The molecule has 4 saturated heterocycles. The van der Waals surface area contributed by atoms with Crippen molar-refractivity contribution in [1.82, 2.24) is 18.7 Å². The summed E-state index contributed by atoms with van der Waals surface area (Å²) in [6.07, 6.45) is 6.65. The van der Waals surface area contributed by atoms with Crippen LogP contribution in [0.4, 0.5) is 0 Å². The molecular formula is C20H32N4O4P2. The molecule has 4 aliphatic rings. The van der Waals surface area contributed by atoms with Crippen LogP contribution in [0.2, 0.25) is 0 Å². The Labute approximate surface area is 179 Å². The van der Waals surface area contributed by atoms with Gasteiger partial charge in [0.05, 0.1) is 0 Å². The van der Waals surface area contributed by atoms with Crippen LogP contribution in [0.15, 0.2) is 24.3 Å². The summed E-state index contributed by atoms with van der Waals surface area (Å²) in [5.41, 5.74) is 0. The molecule has 8 nitrogen and oxygen atoms in total. The first-order valence-corrected chi connectivity index (χ1v) is 14.4. The van der Waals surface area contributed by atoms with Crippen molar-refractivity contribution in [2.75, 3.05) is 52.4 Å². The summed E-state index contributed by atoms with van der Waals surface area (Å²) in [5, 5.41) is 0. The van der Waals surface area contributed by atoms with Gasteiger partial charge in [-0.15, -0.1) is 0 Å². The summed E-state index contributed by atoms with van der Waals surface area (Å²) in [6, 6.07) is 7.16. The van der Waals surface area contributed by atoms with Gasteiger partial charge in [0, 0.05) is 52.4 Å². The van der Waals surface area contributed by atoms with Gasteiger partial charge in [0.1, 0.15) is 11.5 Å². The maximum Gasteiger partial charge on any atom is 0.395 e. The first-order chi connectivity index (χ1) is 14.6. The first-order valence-electron chi connectivity index (χ1n) is 11.3. The molecule has 0 saturated carbocycles. The quantitative estimate of drug-likeness (QED) is 0.427. The number of hydrogen-bond acceptors (Lipinski definition) is 4. The fraction of sp³-hybridized carbons (Fsp3) is 0.700. The molecule has 0 aliphatic carbocycles. The Morgan fingerprint density at radius 3 is 1.10 bits per heavy atom. The fourth-order valence-electron chi connectivity index (χ4n) is 4.28. The van der Waals surface area contributed by atoms with Crippen molar-refractivity contribution in [2.45, 2.75) is 38.5 Å². The molecule has 10 heteroatoms. The summed E-state index contributed by atoms with van der Waals surface area (Å²) < 4.78 is 47.4. The van der Waals surface area contributed by atoms with Gasteiger partial charge in [-0.2, -0.15) is 0 Å². The molecule has 4 aliphatic heterocycles. The molecule has 30 heavy (non-hydrogen) atoms. The van der Waals surface area contributed by atoms with Gasteiger partial charge in [0.25, 0.3) is 0 Å². The molecule has 1 aromatic carbocycles. The van der Waals surface area contributed by atoms with Gasteiger partial charge in [0.2, 0.25) is 0 Å². The van der Waals surface area contributed by atoms with Crippen molar-refractivity contribution < 1.29 is 18.2 Å². The van der Waals surface area contributed by atoms with Crippen LogP contribution in [0.25, 0.3) is 0 Å². The van der Waals surface area contributed by atoms with Gasteiger partial charge in [-0.05, 0) is 49.9 Å². The highest BCUT2D eigenvalue weighted by Gasteiger charge is 2.47. The lowest BCUT2D eigenvalue weighted by Gasteiger charge is -2.34. The van der Waals surface area contributed by atoms with Crippen LogP contribution >= 0.6 is 15.3 Å². The predicted octanol–water partition coefficient (Wildman–Crippen LogP) is 4.26. The average Bonchev–Trinajstić information content (AvgIpc) is 3.67. The van der Waals surface area contributed by atoms with Gasteiger partial charge in [-0.1, -0.05) is 12.8 Å². The Kier molecular flexibility index (Phi) is 6.00. The van der Waals surface area contributed by atoms with Crippen molar-refractivity contribution in [3.8, 4) is 11.5 Å². The topological polar surface area (TPSA) is 65.1 Å². The number of benzene rings is 1.